The molecule has 1 saturated heterocycles. The molecule has 14 heavy (non-hydrogen) atoms. The molecule has 0 aromatic carbocycles. The molecule has 0 bridgehead atoms. The first-order valence-corrected chi connectivity index (χ1v) is 4.82. The molecule has 0 aliphatic carbocycles. The molecule has 1 amide bonds. The van der Waals surface area contributed by atoms with Gasteiger partial charge in [0.15, 0.2) is 0 Å². The monoisotopic (exact) mass is 203 g/mol. The van der Waals surface area contributed by atoms with Crippen molar-refractivity contribution in [2.75, 3.05) is 26.4 Å². The fraction of sp³-hybridized carbons (Fsp3) is 0.889. The number of carbonyl (C=O) groups excluding carboxylic acids is 1. The summed E-state index contributed by atoms with van der Waals surface area (Å²) in [5.74, 6) is 0. The van der Waals surface area contributed by atoms with E-state index < -0.39 is 6.09 Å². The van der Waals surface area contributed by atoms with Crippen LogP contribution in [-0.2, 0) is 14.2 Å². The van der Waals surface area contributed by atoms with Crippen LogP contribution < -0.4 is 5.32 Å². The third kappa shape index (κ3) is 4.43. The molecule has 1 rings (SSSR count). The summed E-state index contributed by atoms with van der Waals surface area (Å²) in [5, 5.41) is 2.62. The maximum absolute atomic E-state index is 11.1. The maximum Gasteiger partial charge on any atom is 0.407 e. The van der Waals surface area contributed by atoms with Crippen LogP contribution >= 0.6 is 0 Å². The van der Waals surface area contributed by atoms with E-state index in [0.29, 0.717) is 26.4 Å². The molecule has 0 saturated carbocycles. The fourth-order valence-electron chi connectivity index (χ4n) is 1.11. The van der Waals surface area contributed by atoms with E-state index in [-0.39, 0.29) is 12.2 Å². The number of ether oxygens (including phenoxy) is 3. The highest BCUT2D eigenvalue weighted by Crippen LogP contribution is 1.99. The SMILES string of the molecule is CC(C)OC(=O)NCC1COCCO1. The highest BCUT2D eigenvalue weighted by atomic mass is 16.6. The molecule has 1 aliphatic heterocycles. The van der Waals surface area contributed by atoms with Crippen molar-refractivity contribution in [3.63, 3.8) is 0 Å². The molecule has 1 unspecified atom stereocenters. The first-order valence-electron chi connectivity index (χ1n) is 4.82. The summed E-state index contributed by atoms with van der Waals surface area (Å²) in [5.41, 5.74) is 0. The minimum absolute atomic E-state index is 0.0523. The summed E-state index contributed by atoms with van der Waals surface area (Å²) < 4.78 is 15.4. The van der Waals surface area contributed by atoms with E-state index in [2.05, 4.69) is 5.32 Å². The smallest absolute Gasteiger partial charge is 0.407 e. The van der Waals surface area contributed by atoms with Gasteiger partial charge in [0.2, 0.25) is 0 Å². The minimum atomic E-state index is -0.408. The Labute approximate surface area is 83.7 Å². The van der Waals surface area contributed by atoms with Crippen LogP contribution in [0.5, 0.6) is 0 Å². The standard InChI is InChI=1S/C9H17NO4/c1-7(2)14-9(11)10-5-8-6-12-3-4-13-8/h7-8H,3-6H2,1-2H3,(H,10,11). The first kappa shape index (κ1) is 11.3. The Kier molecular flexibility index (Phi) is 4.69. The van der Waals surface area contributed by atoms with Gasteiger partial charge in [-0.15, -0.1) is 0 Å². The highest BCUT2D eigenvalue weighted by Gasteiger charge is 2.15. The van der Waals surface area contributed by atoms with Gasteiger partial charge in [-0.05, 0) is 13.8 Å². The molecule has 0 aromatic rings. The van der Waals surface area contributed by atoms with Crippen molar-refractivity contribution >= 4 is 6.09 Å². The van der Waals surface area contributed by atoms with E-state index in [1.807, 2.05) is 0 Å². The molecule has 0 spiro atoms. The van der Waals surface area contributed by atoms with Gasteiger partial charge in [0.25, 0.3) is 0 Å². The predicted molar refractivity (Wildman–Crippen MR) is 50.2 cm³/mol. The summed E-state index contributed by atoms with van der Waals surface area (Å²) in [7, 11) is 0. The van der Waals surface area contributed by atoms with Crippen LogP contribution in [0, 0.1) is 0 Å². The number of amides is 1. The van der Waals surface area contributed by atoms with Crippen LogP contribution in [0.25, 0.3) is 0 Å². The predicted octanol–water partition coefficient (Wildman–Crippen LogP) is 0.536. The van der Waals surface area contributed by atoms with Gasteiger partial charge in [0, 0.05) is 6.54 Å². The maximum atomic E-state index is 11.1. The van der Waals surface area contributed by atoms with Gasteiger partial charge < -0.3 is 19.5 Å². The number of hydrogen-bond acceptors (Lipinski definition) is 4. The number of alkyl carbamates (subject to hydrolysis) is 1. The van der Waals surface area contributed by atoms with Crippen LogP contribution in [-0.4, -0.2) is 44.7 Å². The lowest BCUT2D eigenvalue weighted by Gasteiger charge is -2.23. The van der Waals surface area contributed by atoms with Gasteiger partial charge in [-0.3, -0.25) is 0 Å². The van der Waals surface area contributed by atoms with Crippen LogP contribution in [0.4, 0.5) is 4.79 Å². The molecule has 1 N–H and O–H groups in total. The number of nitrogens with one attached hydrogen (secondary N) is 1. The number of carbonyl (C=O) groups is 1. The molecule has 1 aliphatic rings. The third-order valence-corrected chi connectivity index (χ3v) is 1.70. The van der Waals surface area contributed by atoms with Gasteiger partial charge in [0.05, 0.1) is 32.0 Å². The van der Waals surface area contributed by atoms with E-state index >= 15 is 0 Å². The van der Waals surface area contributed by atoms with Crippen molar-refractivity contribution in [3.05, 3.63) is 0 Å². The van der Waals surface area contributed by atoms with Crippen molar-refractivity contribution < 1.29 is 19.0 Å². The van der Waals surface area contributed by atoms with Crippen LogP contribution in [0.3, 0.4) is 0 Å². The quantitative estimate of drug-likeness (QED) is 0.727. The second-order valence-corrected chi connectivity index (χ2v) is 3.40. The highest BCUT2D eigenvalue weighted by molar-refractivity contribution is 5.67. The molecular weight excluding hydrogens is 186 g/mol. The third-order valence-electron chi connectivity index (χ3n) is 1.70. The lowest BCUT2D eigenvalue weighted by atomic mass is 10.3. The summed E-state index contributed by atoms with van der Waals surface area (Å²) in [6.45, 7) is 5.80. The topological polar surface area (TPSA) is 56.8 Å². The zero-order valence-corrected chi connectivity index (χ0v) is 8.62. The van der Waals surface area contributed by atoms with E-state index in [1.54, 1.807) is 13.8 Å². The summed E-state index contributed by atoms with van der Waals surface area (Å²) >= 11 is 0. The van der Waals surface area contributed by atoms with E-state index in [1.165, 1.54) is 0 Å². The molecule has 0 aromatic heterocycles. The minimum Gasteiger partial charge on any atom is -0.447 e. The Balaban J connectivity index is 2.09. The van der Waals surface area contributed by atoms with Gasteiger partial charge in [-0.25, -0.2) is 4.79 Å². The summed E-state index contributed by atoms with van der Waals surface area (Å²) in [6.07, 6.45) is -0.559. The molecule has 5 nitrogen and oxygen atoms in total. The Morgan fingerprint density at radius 1 is 1.57 bits per heavy atom. The number of rotatable bonds is 3. The summed E-state index contributed by atoms with van der Waals surface area (Å²) in [6, 6.07) is 0. The Bertz CT molecular complexity index is 178. The van der Waals surface area contributed by atoms with Crippen LogP contribution in [0.1, 0.15) is 13.8 Å². The first-order chi connectivity index (χ1) is 6.68. The van der Waals surface area contributed by atoms with E-state index in [4.69, 9.17) is 14.2 Å². The van der Waals surface area contributed by atoms with Gasteiger partial charge in [-0.2, -0.15) is 0 Å². The summed E-state index contributed by atoms with van der Waals surface area (Å²) in [4.78, 5) is 11.1. The normalized spacial score (nSPS) is 22.1. The molecule has 1 atom stereocenters. The average Bonchev–Trinajstić information content (AvgIpc) is 2.15. The number of hydrogen-bond donors (Lipinski definition) is 1. The molecule has 82 valence electrons. The van der Waals surface area contributed by atoms with E-state index in [0.717, 1.165) is 0 Å². The zero-order chi connectivity index (χ0) is 10.4. The Morgan fingerprint density at radius 3 is 2.93 bits per heavy atom. The fourth-order valence-corrected chi connectivity index (χ4v) is 1.11. The molecule has 1 heterocycles. The molecular formula is C9H17NO4. The van der Waals surface area contributed by atoms with Crippen molar-refractivity contribution in [3.8, 4) is 0 Å². The zero-order valence-electron chi connectivity index (χ0n) is 8.62. The van der Waals surface area contributed by atoms with Crippen LogP contribution in [0.2, 0.25) is 0 Å². The lowest BCUT2D eigenvalue weighted by molar-refractivity contribution is -0.0860. The largest absolute Gasteiger partial charge is 0.447 e. The van der Waals surface area contributed by atoms with Gasteiger partial charge in [0.1, 0.15) is 0 Å². The van der Waals surface area contributed by atoms with Crippen LogP contribution in [0.15, 0.2) is 0 Å². The Hall–Kier alpha value is -0.810. The molecule has 1 fully saturated rings. The Morgan fingerprint density at radius 2 is 2.36 bits per heavy atom. The molecule has 5 heteroatoms. The van der Waals surface area contributed by atoms with Crippen molar-refractivity contribution in [2.24, 2.45) is 0 Å². The van der Waals surface area contributed by atoms with Crippen molar-refractivity contribution in [1.29, 1.82) is 0 Å². The van der Waals surface area contributed by atoms with Gasteiger partial charge >= 0.3 is 6.09 Å². The lowest BCUT2D eigenvalue weighted by Crippen LogP contribution is -2.40. The average molecular weight is 203 g/mol. The van der Waals surface area contributed by atoms with E-state index in [9.17, 15) is 4.79 Å². The second-order valence-electron chi connectivity index (χ2n) is 3.40. The molecule has 0 radical (unpaired) electrons. The van der Waals surface area contributed by atoms with Crippen molar-refractivity contribution in [1.82, 2.24) is 5.32 Å². The second kappa shape index (κ2) is 5.82. The van der Waals surface area contributed by atoms with Crippen molar-refractivity contribution in [2.45, 2.75) is 26.1 Å². The van der Waals surface area contributed by atoms with Gasteiger partial charge in [-0.1, -0.05) is 0 Å².